The molecule has 0 aromatic heterocycles. The predicted octanol–water partition coefficient (Wildman–Crippen LogP) is 2.81. The molecular formula is C12H14ClNO2. The summed E-state index contributed by atoms with van der Waals surface area (Å²) >= 11 is 6.00. The summed E-state index contributed by atoms with van der Waals surface area (Å²) in [7, 11) is 1.36. The number of ether oxygens (including phenoxy) is 1. The van der Waals surface area contributed by atoms with Gasteiger partial charge in [0.15, 0.2) is 0 Å². The molecular weight excluding hydrogens is 226 g/mol. The standard InChI is InChI=1S/C12H14ClNO2/c1-8-6-9(10(13)7-11(8)14)4-3-5-12(15)16-2/h3-4,6-7H,5,14H2,1-2H3. The zero-order chi connectivity index (χ0) is 12.1. The second kappa shape index (κ2) is 5.56. The van der Waals surface area contributed by atoms with Crippen LogP contribution in [0.1, 0.15) is 17.5 Å². The Morgan fingerprint density at radius 2 is 2.25 bits per heavy atom. The Labute approximate surface area is 99.8 Å². The zero-order valence-corrected chi connectivity index (χ0v) is 10.0. The van der Waals surface area contributed by atoms with Gasteiger partial charge in [-0.1, -0.05) is 23.8 Å². The van der Waals surface area contributed by atoms with Crippen LogP contribution >= 0.6 is 11.6 Å². The Kier molecular flexibility index (Phi) is 4.38. The SMILES string of the molecule is COC(=O)CC=Cc1cc(C)c(N)cc1Cl. The molecule has 0 atom stereocenters. The van der Waals surface area contributed by atoms with E-state index >= 15 is 0 Å². The normalized spacial score (nSPS) is 10.7. The van der Waals surface area contributed by atoms with Crippen LogP contribution in [0.15, 0.2) is 18.2 Å². The number of carbonyl (C=O) groups is 1. The van der Waals surface area contributed by atoms with Crippen LogP contribution in [0, 0.1) is 6.92 Å². The first kappa shape index (κ1) is 12.6. The average Bonchev–Trinajstić information content (AvgIpc) is 2.25. The summed E-state index contributed by atoms with van der Waals surface area (Å²) in [5.41, 5.74) is 8.17. The molecule has 3 nitrogen and oxygen atoms in total. The predicted molar refractivity (Wildman–Crippen MR) is 66.3 cm³/mol. The molecule has 86 valence electrons. The van der Waals surface area contributed by atoms with Gasteiger partial charge < -0.3 is 10.5 Å². The van der Waals surface area contributed by atoms with E-state index in [-0.39, 0.29) is 12.4 Å². The van der Waals surface area contributed by atoms with Crippen molar-refractivity contribution < 1.29 is 9.53 Å². The van der Waals surface area contributed by atoms with Crippen molar-refractivity contribution in [3.8, 4) is 0 Å². The molecule has 0 unspecified atom stereocenters. The van der Waals surface area contributed by atoms with Gasteiger partial charge in [0.1, 0.15) is 0 Å². The minimum absolute atomic E-state index is 0.232. The number of carbonyl (C=O) groups excluding carboxylic acids is 1. The monoisotopic (exact) mass is 239 g/mol. The van der Waals surface area contributed by atoms with E-state index in [4.69, 9.17) is 17.3 Å². The van der Waals surface area contributed by atoms with E-state index in [2.05, 4.69) is 4.74 Å². The highest BCUT2D eigenvalue weighted by molar-refractivity contribution is 6.32. The number of halogens is 1. The fourth-order valence-electron chi connectivity index (χ4n) is 1.21. The van der Waals surface area contributed by atoms with Crippen molar-refractivity contribution in [1.29, 1.82) is 0 Å². The van der Waals surface area contributed by atoms with Gasteiger partial charge in [-0.2, -0.15) is 0 Å². The molecule has 0 aliphatic carbocycles. The lowest BCUT2D eigenvalue weighted by Crippen LogP contribution is -1.96. The number of anilines is 1. The number of nitrogens with two attached hydrogens (primary N) is 1. The quantitative estimate of drug-likeness (QED) is 0.652. The van der Waals surface area contributed by atoms with Crippen molar-refractivity contribution in [2.45, 2.75) is 13.3 Å². The molecule has 0 amide bonds. The summed E-state index contributed by atoms with van der Waals surface area (Å²) in [5, 5.41) is 0.573. The van der Waals surface area contributed by atoms with E-state index in [0.29, 0.717) is 10.7 Å². The molecule has 0 aliphatic rings. The van der Waals surface area contributed by atoms with E-state index < -0.39 is 0 Å². The highest BCUT2D eigenvalue weighted by Gasteiger charge is 2.01. The number of rotatable bonds is 3. The molecule has 0 saturated carbocycles. The molecule has 4 heteroatoms. The summed E-state index contributed by atoms with van der Waals surface area (Å²) in [6.45, 7) is 1.91. The third-order valence-electron chi connectivity index (χ3n) is 2.19. The summed E-state index contributed by atoms with van der Waals surface area (Å²) < 4.78 is 4.52. The van der Waals surface area contributed by atoms with Crippen LogP contribution in [0.25, 0.3) is 6.08 Å². The number of aryl methyl sites for hydroxylation is 1. The number of hydrogen-bond donors (Lipinski definition) is 1. The van der Waals surface area contributed by atoms with Gasteiger partial charge in [-0.15, -0.1) is 0 Å². The van der Waals surface area contributed by atoms with E-state index in [1.54, 1.807) is 18.2 Å². The van der Waals surface area contributed by atoms with Crippen LogP contribution in [0.5, 0.6) is 0 Å². The lowest BCUT2D eigenvalue weighted by atomic mass is 10.1. The number of methoxy groups -OCH3 is 1. The van der Waals surface area contributed by atoms with E-state index in [0.717, 1.165) is 11.1 Å². The van der Waals surface area contributed by atoms with Crippen molar-refractivity contribution in [1.82, 2.24) is 0 Å². The molecule has 2 N–H and O–H groups in total. The second-order valence-electron chi connectivity index (χ2n) is 3.41. The van der Waals surface area contributed by atoms with Crippen LogP contribution in [0.3, 0.4) is 0 Å². The van der Waals surface area contributed by atoms with E-state index in [9.17, 15) is 4.79 Å². The smallest absolute Gasteiger partial charge is 0.309 e. The Morgan fingerprint density at radius 3 is 2.88 bits per heavy atom. The largest absolute Gasteiger partial charge is 0.469 e. The summed E-state index contributed by atoms with van der Waals surface area (Å²) in [6, 6.07) is 3.58. The molecule has 0 heterocycles. The maximum absolute atomic E-state index is 10.9. The molecule has 1 rings (SSSR count). The molecule has 0 spiro atoms. The number of nitrogen functional groups attached to an aromatic ring is 1. The minimum Gasteiger partial charge on any atom is -0.469 e. The molecule has 0 bridgehead atoms. The van der Waals surface area contributed by atoms with E-state index in [1.165, 1.54) is 7.11 Å². The third kappa shape index (κ3) is 3.28. The van der Waals surface area contributed by atoms with Gasteiger partial charge in [0.05, 0.1) is 13.5 Å². The number of hydrogen-bond acceptors (Lipinski definition) is 3. The molecule has 16 heavy (non-hydrogen) atoms. The molecule has 0 saturated heterocycles. The number of esters is 1. The zero-order valence-electron chi connectivity index (χ0n) is 9.29. The van der Waals surface area contributed by atoms with Crippen LogP contribution in [-0.2, 0) is 9.53 Å². The topological polar surface area (TPSA) is 52.3 Å². The second-order valence-corrected chi connectivity index (χ2v) is 3.82. The Balaban J connectivity index is 2.81. The lowest BCUT2D eigenvalue weighted by Gasteiger charge is -2.04. The Morgan fingerprint density at radius 1 is 1.56 bits per heavy atom. The van der Waals surface area contributed by atoms with Crippen molar-refractivity contribution in [3.63, 3.8) is 0 Å². The Bertz CT molecular complexity index is 427. The minimum atomic E-state index is -0.278. The molecule has 0 fully saturated rings. The van der Waals surface area contributed by atoms with Gasteiger partial charge in [0.25, 0.3) is 0 Å². The van der Waals surface area contributed by atoms with Gasteiger partial charge in [0, 0.05) is 10.7 Å². The van der Waals surface area contributed by atoms with Gasteiger partial charge in [-0.25, -0.2) is 0 Å². The summed E-state index contributed by atoms with van der Waals surface area (Å²) in [4.78, 5) is 10.9. The first-order valence-electron chi connectivity index (χ1n) is 4.83. The van der Waals surface area contributed by atoms with Crippen molar-refractivity contribution in [3.05, 3.63) is 34.4 Å². The van der Waals surface area contributed by atoms with Crippen LogP contribution in [0.2, 0.25) is 5.02 Å². The van der Waals surface area contributed by atoms with E-state index in [1.807, 2.05) is 13.0 Å². The van der Waals surface area contributed by atoms with Gasteiger partial charge >= 0.3 is 5.97 Å². The molecule has 1 aromatic rings. The maximum atomic E-state index is 10.9. The molecule has 1 aromatic carbocycles. The van der Waals surface area contributed by atoms with Gasteiger partial charge in [-0.05, 0) is 30.2 Å². The average molecular weight is 240 g/mol. The first-order chi connectivity index (χ1) is 7.54. The van der Waals surface area contributed by atoms with Crippen molar-refractivity contribution >= 4 is 29.3 Å². The maximum Gasteiger partial charge on any atom is 0.309 e. The Hall–Kier alpha value is -1.48. The summed E-state index contributed by atoms with van der Waals surface area (Å²) in [6.07, 6.45) is 3.73. The van der Waals surface area contributed by atoms with Crippen LogP contribution in [0.4, 0.5) is 5.69 Å². The van der Waals surface area contributed by atoms with Gasteiger partial charge in [0.2, 0.25) is 0 Å². The van der Waals surface area contributed by atoms with Gasteiger partial charge in [-0.3, -0.25) is 4.79 Å². The molecule has 0 aliphatic heterocycles. The first-order valence-corrected chi connectivity index (χ1v) is 5.21. The fourth-order valence-corrected chi connectivity index (χ4v) is 1.45. The molecule has 0 radical (unpaired) electrons. The van der Waals surface area contributed by atoms with Crippen LogP contribution in [-0.4, -0.2) is 13.1 Å². The highest BCUT2D eigenvalue weighted by Crippen LogP contribution is 2.24. The lowest BCUT2D eigenvalue weighted by molar-refractivity contribution is -0.139. The fraction of sp³-hybridized carbons (Fsp3) is 0.250. The summed E-state index contributed by atoms with van der Waals surface area (Å²) in [5.74, 6) is -0.278. The third-order valence-corrected chi connectivity index (χ3v) is 2.52. The van der Waals surface area contributed by atoms with Crippen molar-refractivity contribution in [2.24, 2.45) is 0 Å². The number of benzene rings is 1. The van der Waals surface area contributed by atoms with Crippen LogP contribution < -0.4 is 5.73 Å². The highest BCUT2D eigenvalue weighted by atomic mass is 35.5. The van der Waals surface area contributed by atoms with Crippen molar-refractivity contribution in [2.75, 3.05) is 12.8 Å².